The predicted molar refractivity (Wildman–Crippen MR) is 130 cm³/mol. The minimum absolute atomic E-state index is 0.0172. The number of halogens is 2. The summed E-state index contributed by atoms with van der Waals surface area (Å²) in [4.78, 5) is 37.0. The number of hydrogen-bond donors (Lipinski definition) is 1. The van der Waals surface area contributed by atoms with Gasteiger partial charge in [0, 0.05) is 49.3 Å². The van der Waals surface area contributed by atoms with Crippen LogP contribution in [-0.4, -0.2) is 68.7 Å². The molecule has 2 atom stereocenters. The van der Waals surface area contributed by atoms with Crippen molar-refractivity contribution in [2.75, 3.05) is 26.2 Å². The molecule has 1 aromatic carbocycles. The Kier molecular flexibility index (Phi) is 7.54. The molecule has 2 fully saturated rings. The lowest BCUT2D eigenvalue weighted by molar-refractivity contribution is -0.134. The summed E-state index contributed by atoms with van der Waals surface area (Å²) >= 11 is 0.990. The maximum Gasteiger partial charge on any atom is 0.410 e. The summed E-state index contributed by atoms with van der Waals surface area (Å²) in [7, 11) is 0. The van der Waals surface area contributed by atoms with Crippen molar-refractivity contribution in [1.82, 2.24) is 19.8 Å². The zero-order valence-corrected chi connectivity index (χ0v) is 21.5. The number of benzene rings is 1. The van der Waals surface area contributed by atoms with Crippen molar-refractivity contribution in [2.45, 2.75) is 49.6 Å². The molecule has 1 aromatic heterocycles. The molecule has 37 heavy (non-hydrogen) atoms. The van der Waals surface area contributed by atoms with Crippen LogP contribution in [-0.2, 0) is 15.3 Å². The molecule has 0 radical (unpaired) electrons. The van der Waals surface area contributed by atoms with Crippen LogP contribution in [0.4, 0.5) is 13.6 Å². The number of carbonyl (C=O) groups is 2. The van der Waals surface area contributed by atoms with E-state index in [0.29, 0.717) is 32.6 Å². The Bertz CT molecular complexity index is 1250. The zero-order chi connectivity index (χ0) is 26.9. The third-order valence-corrected chi connectivity index (χ3v) is 7.00. The molecule has 2 aliphatic rings. The van der Waals surface area contributed by atoms with Crippen molar-refractivity contribution in [3.63, 3.8) is 0 Å². The zero-order valence-electron chi connectivity index (χ0n) is 20.7. The molecule has 2 amide bonds. The highest BCUT2D eigenvalue weighted by Crippen LogP contribution is 2.50. The van der Waals surface area contributed by atoms with Crippen LogP contribution >= 0.6 is 11.8 Å². The first-order valence-electron chi connectivity index (χ1n) is 11.8. The number of amides is 2. The fourth-order valence-corrected chi connectivity index (χ4v) is 4.95. The molecule has 12 heteroatoms. The second-order valence-corrected chi connectivity index (χ2v) is 10.9. The second-order valence-electron chi connectivity index (χ2n) is 9.94. The normalized spacial score (nSPS) is 19.4. The Labute approximate surface area is 217 Å². The SMILES string of the molecule is CC(C)(C)OC(=O)N1CCN(C(=O)C2CC2c2nc(SCc3cccc(F)c3F)nc(O)c2C#N)CC1. The molecule has 1 aliphatic carbocycles. The Balaban J connectivity index is 1.41. The first-order valence-corrected chi connectivity index (χ1v) is 12.8. The summed E-state index contributed by atoms with van der Waals surface area (Å²) in [6.07, 6.45) is 0.0426. The van der Waals surface area contributed by atoms with Crippen molar-refractivity contribution in [3.8, 4) is 11.9 Å². The fraction of sp³-hybridized carbons (Fsp3) is 0.480. The molecule has 4 rings (SSSR count). The molecule has 1 saturated carbocycles. The molecule has 196 valence electrons. The first kappa shape index (κ1) is 26.6. The average molecular weight is 532 g/mol. The van der Waals surface area contributed by atoms with E-state index in [9.17, 15) is 28.7 Å². The Morgan fingerprint density at radius 3 is 2.51 bits per heavy atom. The largest absolute Gasteiger partial charge is 0.492 e. The van der Waals surface area contributed by atoms with Gasteiger partial charge in [0.25, 0.3) is 0 Å². The van der Waals surface area contributed by atoms with Crippen molar-refractivity contribution < 1.29 is 28.2 Å². The van der Waals surface area contributed by atoms with E-state index >= 15 is 0 Å². The van der Waals surface area contributed by atoms with E-state index in [1.807, 2.05) is 6.07 Å². The lowest BCUT2D eigenvalue weighted by atomic mass is 10.1. The quantitative estimate of drug-likeness (QED) is 0.457. The maximum absolute atomic E-state index is 14.0. The Hall–Kier alpha value is -3.46. The number of aromatic nitrogens is 2. The average Bonchev–Trinajstić information content (AvgIpc) is 3.64. The van der Waals surface area contributed by atoms with Crippen molar-refractivity contribution in [1.29, 1.82) is 5.26 Å². The van der Waals surface area contributed by atoms with Gasteiger partial charge in [0.2, 0.25) is 11.8 Å². The van der Waals surface area contributed by atoms with Gasteiger partial charge in [-0.15, -0.1) is 0 Å². The van der Waals surface area contributed by atoms with Crippen LogP contribution in [0.3, 0.4) is 0 Å². The number of nitrogens with zero attached hydrogens (tertiary/aromatic N) is 5. The Morgan fingerprint density at radius 1 is 1.19 bits per heavy atom. The van der Waals surface area contributed by atoms with Crippen LogP contribution < -0.4 is 0 Å². The monoisotopic (exact) mass is 531 g/mol. The van der Waals surface area contributed by atoms with E-state index in [0.717, 1.165) is 17.8 Å². The molecule has 0 spiro atoms. The lowest BCUT2D eigenvalue weighted by Crippen LogP contribution is -2.52. The summed E-state index contributed by atoms with van der Waals surface area (Å²) in [6.45, 7) is 6.82. The summed E-state index contributed by atoms with van der Waals surface area (Å²) in [5, 5.41) is 20.0. The molecular weight excluding hydrogens is 504 g/mol. The third-order valence-electron chi connectivity index (χ3n) is 6.10. The van der Waals surface area contributed by atoms with E-state index in [4.69, 9.17) is 4.74 Å². The molecule has 2 heterocycles. The molecule has 1 N–H and O–H groups in total. The number of rotatable bonds is 5. The van der Waals surface area contributed by atoms with Gasteiger partial charge in [0.15, 0.2) is 16.8 Å². The highest BCUT2D eigenvalue weighted by molar-refractivity contribution is 7.98. The van der Waals surface area contributed by atoms with Crippen LogP contribution in [0, 0.1) is 28.9 Å². The molecule has 2 unspecified atom stereocenters. The van der Waals surface area contributed by atoms with Crippen LogP contribution in [0.5, 0.6) is 5.88 Å². The minimum atomic E-state index is -0.965. The molecule has 1 saturated heterocycles. The van der Waals surface area contributed by atoms with Crippen molar-refractivity contribution in [2.24, 2.45) is 5.92 Å². The van der Waals surface area contributed by atoms with Gasteiger partial charge in [-0.1, -0.05) is 23.9 Å². The van der Waals surface area contributed by atoms with Crippen molar-refractivity contribution in [3.05, 3.63) is 46.7 Å². The third kappa shape index (κ3) is 6.10. The van der Waals surface area contributed by atoms with Crippen LogP contribution in [0.2, 0.25) is 0 Å². The van der Waals surface area contributed by atoms with Gasteiger partial charge in [-0.2, -0.15) is 10.2 Å². The summed E-state index contributed by atoms with van der Waals surface area (Å²) < 4.78 is 32.9. The van der Waals surface area contributed by atoms with Gasteiger partial charge in [-0.25, -0.2) is 18.6 Å². The maximum atomic E-state index is 14.0. The highest BCUT2D eigenvalue weighted by atomic mass is 32.2. The molecule has 9 nitrogen and oxygen atoms in total. The molecule has 2 aromatic rings. The number of thioether (sulfide) groups is 1. The summed E-state index contributed by atoms with van der Waals surface area (Å²) in [6, 6.07) is 5.75. The van der Waals surface area contributed by atoms with Gasteiger partial charge >= 0.3 is 6.09 Å². The van der Waals surface area contributed by atoms with E-state index in [-0.39, 0.29) is 39.6 Å². The van der Waals surface area contributed by atoms with Gasteiger partial charge in [0.1, 0.15) is 17.2 Å². The second kappa shape index (κ2) is 10.5. The van der Waals surface area contributed by atoms with Crippen molar-refractivity contribution >= 4 is 23.8 Å². The van der Waals surface area contributed by atoms with Gasteiger partial charge in [-0.05, 0) is 33.3 Å². The summed E-state index contributed by atoms with van der Waals surface area (Å²) in [5.74, 6) is -3.31. The van der Waals surface area contributed by atoms with Gasteiger partial charge in [0.05, 0.1) is 5.69 Å². The number of aromatic hydroxyl groups is 1. The van der Waals surface area contributed by atoms with E-state index in [2.05, 4.69) is 9.97 Å². The van der Waals surface area contributed by atoms with Crippen LogP contribution in [0.1, 0.15) is 49.9 Å². The topological polar surface area (TPSA) is 120 Å². The number of hydrogen-bond acceptors (Lipinski definition) is 8. The fourth-order valence-electron chi connectivity index (χ4n) is 4.13. The molecule has 1 aliphatic heterocycles. The van der Waals surface area contributed by atoms with E-state index in [1.54, 1.807) is 30.6 Å². The minimum Gasteiger partial charge on any atom is -0.492 e. The molecular formula is C25H27F2N5O4S. The number of nitriles is 1. The van der Waals surface area contributed by atoms with E-state index in [1.165, 1.54) is 12.1 Å². The van der Waals surface area contributed by atoms with Gasteiger partial charge < -0.3 is 19.6 Å². The number of carbonyl (C=O) groups excluding carboxylic acids is 2. The first-order chi connectivity index (χ1) is 17.5. The number of ether oxygens (including phenoxy) is 1. The number of piperazine rings is 1. The standard InChI is InChI=1S/C25H27F2N5O4S/c1-25(2,3)36-24(35)32-9-7-31(8-10-32)22(34)16-11-15(16)20-17(12-28)21(33)30-23(29-20)37-13-14-5-4-6-18(26)19(14)27/h4-6,15-16H,7-11,13H2,1-3H3,(H,29,30,33). The smallest absolute Gasteiger partial charge is 0.410 e. The Morgan fingerprint density at radius 2 is 1.86 bits per heavy atom. The van der Waals surface area contributed by atoms with Gasteiger partial charge in [-0.3, -0.25) is 4.79 Å². The van der Waals surface area contributed by atoms with E-state index < -0.39 is 35.1 Å². The highest BCUT2D eigenvalue weighted by Gasteiger charge is 2.49. The lowest BCUT2D eigenvalue weighted by Gasteiger charge is -2.35. The summed E-state index contributed by atoms with van der Waals surface area (Å²) in [5.41, 5.74) is -0.321. The predicted octanol–water partition coefficient (Wildman–Crippen LogP) is 3.81. The van der Waals surface area contributed by atoms with Crippen LogP contribution in [0.25, 0.3) is 0 Å². The van der Waals surface area contributed by atoms with Crippen LogP contribution in [0.15, 0.2) is 23.4 Å². The molecule has 0 bridgehead atoms.